The highest BCUT2D eigenvalue weighted by Gasteiger charge is 2.22. The zero-order valence-electron chi connectivity index (χ0n) is 11.4. The minimum Gasteiger partial charge on any atom is -0.302 e. The van der Waals surface area contributed by atoms with Gasteiger partial charge < -0.3 is 5.32 Å². The average molecular weight is 260 g/mol. The Bertz CT molecular complexity index is 515. The molecule has 0 atom stereocenters. The summed E-state index contributed by atoms with van der Waals surface area (Å²) in [6.07, 6.45) is 1.86. The van der Waals surface area contributed by atoms with Crippen LogP contribution in [0.5, 0.6) is 0 Å². The van der Waals surface area contributed by atoms with Gasteiger partial charge in [0.15, 0.2) is 0 Å². The van der Waals surface area contributed by atoms with Gasteiger partial charge in [0.25, 0.3) is 0 Å². The van der Waals surface area contributed by atoms with E-state index in [1.807, 2.05) is 11.6 Å². The molecule has 2 nitrogen and oxygen atoms in total. The Morgan fingerprint density at radius 1 is 1.28 bits per heavy atom. The van der Waals surface area contributed by atoms with Crippen LogP contribution in [0.15, 0.2) is 29.8 Å². The van der Waals surface area contributed by atoms with E-state index in [0.717, 1.165) is 11.6 Å². The smallest absolute Gasteiger partial charge is 0.112 e. The molecular weight excluding hydrogens is 240 g/mol. The van der Waals surface area contributed by atoms with E-state index in [4.69, 9.17) is 0 Å². The number of aryl methyl sites for hydroxylation is 2. The summed E-state index contributed by atoms with van der Waals surface area (Å²) in [4.78, 5) is 4.39. The van der Waals surface area contributed by atoms with Gasteiger partial charge >= 0.3 is 0 Å². The number of hydrogen-bond acceptors (Lipinski definition) is 3. The molecule has 0 aliphatic carbocycles. The predicted molar refractivity (Wildman–Crippen MR) is 77.9 cm³/mol. The van der Waals surface area contributed by atoms with E-state index >= 15 is 0 Å². The molecule has 0 aliphatic heterocycles. The van der Waals surface area contributed by atoms with Gasteiger partial charge in [0.1, 0.15) is 5.01 Å². The molecule has 1 N–H and O–H groups in total. The summed E-state index contributed by atoms with van der Waals surface area (Å²) in [6, 6.07) is 6.60. The van der Waals surface area contributed by atoms with Gasteiger partial charge in [-0.1, -0.05) is 23.8 Å². The Labute approximate surface area is 113 Å². The number of aromatic nitrogens is 1. The fourth-order valence-corrected chi connectivity index (χ4v) is 2.71. The van der Waals surface area contributed by atoms with Crippen LogP contribution in [0.3, 0.4) is 0 Å². The van der Waals surface area contributed by atoms with Crippen molar-refractivity contribution in [2.24, 2.45) is 0 Å². The molecule has 0 unspecified atom stereocenters. The number of thiazole rings is 1. The maximum Gasteiger partial charge on any atom is 0.112 e. The molecule has 2 aromatic rings. The Hall–Kier alpha value is -1.19. The van der Waals surface area contributed by atoms with Crippen molar-refractivity contribution in [3.8, 4) is 0 Å². The fraction of sp³-hybridized carbons (Fsp3) is 0.400. The standard InChI is InChI=1S/C15H20N2S/c1-11-5-6-13(12(2)9-11)10-17-15(3,4)14-16-7-8-18-14/h5-9,17H,10H2,1-4H3. The van der Waals surface area contributed by atoms with Gasteiger partial charge in [-0.2, -0.15) is 0 Å². The molecule has 0 aliphatic rings. The van der Waals surface area contributed by atoms with Gasteiger partial charge in [-0.3, -0.25) is 0 Å². The van der Waals surface area contributed by atoms with Gasteiger partial charge in [-0.25, -0.2) is 4.98 Å². The molecule has 0 bridgehead atoms. The van der Waals surface area contributed by atoms with Crippen LogP contribution in [-0.4, -0.2) is 4.98 Å². The molecule has 3 heteroatoms. The van der Waals surface area contributed by atoms with E-state index in [1.165, 1.54) is 16.7 Å². The molecule has 0 saturated carbocycles. The highest BCUT2D eigenvalue weighted by Crippen LogP contribution is 2.23. The van der Waals surface area contributed by atoms with Crippen molar-refractivity contribution in [2.45, 2.75) is 39.8 Å². The van der Waals surface area contributed by atoms with Gasteiger partial charge in [-0.15, -0.1) is 11.3 Å². The van der Waals surface area contributed by atoms with E-state index in [1.54, 1.807) is 11.3 Å². The van der Waals surface area contributed by atoms with Crippen molar-refractivity contribution in [1.82, 2.24) is 10.3 Å². The minimum atomic E-state index is -0.0779. The molecular formula is C15H20N2S. The molecule has 2 rings (SSSR count). The van der Waals surface area contributed by atoms with E-state index in [9.17, 15) is 0 Å². The molecule has 0 radical (unpaired) electrons. The Kier molecular flexibility index (Phi) is 3.83. The summed E-state index contributed by atoms with van der Waals surface area (Å²) in [7, 11) is 0. The lowest BCUT2D eigenvalue weighted by atomic mass is 10.0. The lowest BCUT2D eigenvalue weighted by molar-refractivity contribution is 0.399. The topological polar surface area (TPSA) is 24.9 Å². The third-order valence-corrected chi connectivity index (χ3v) is 4.28. The minimum absolute atomic E-state index is 0.0779. The van der Waals surface area contributed by atoms with Gasteiger partial charge in [0, 0.05) is 18.1 Å². The van der Waals surface area contributed by atoms with E-state index in [-0.39, 0.29) is 5.54 Å². The molecule has 18 heavy (non-hydrogen) atoms. The first kappa shape index (κ1) is 13.2. The largest absolute Gasteiger partial charge is 0.302 e. The summed E-state index contributed by atoms with van der Waals surface area (Å²) in [5.41, 5.74) is 3.93. The third-order valence-electron chi connectivity index (χ3n) is 3.19. The first-order chi connectivity index (χ1) is 8.49. The van der Waals surface area contributed by atoms with E-state index < -0.39 is 0 Å². The lowest BCUT2D eigenvalue weighted by Gasteiger charge is -2.24. The van der Waals surface area contributed by atoms with Crippen LogP contribution < -0.4 is 5.32 Å². The third kappa shape index (κ3) is 2.98. The average Bonchev–Trinajstić information content (AvgIpc) is 2.82. The van der Waals surface area contributed by atoms with Crippen LogP contribution in [0, 0.1) is 13.8 Å². The van der Waals surface area contributed by atoms with Crippen molar-refractivity contribution < 1.29 is 0 Å². The summed E-state index contributed by atoms with van der Waals surface area (Å²) >= 11 is 1.70. The number of rotatable bonds is 4. The molecule has 0 saturated heterocycles. The maximum atomic E-state index is 4.39. The SMILES string of the molecule is Cc1ccc(CNC(C)(C)c2nccs2)c(C)c1. The predicted octanol–water partition coefficient (Wildman–Crippen LogP) is 3.78. The van der Waals surface area contributed by atoms with Crippen molar-refractivity contribution in [1.29, 1.82) is 0 Å². The second kappa shape index (κ2) is 5.21. The highest BCUT2D eigenvalue weighted by atomic mass is 32.1. The quantitative estimate of drug-likeness (QED) is 0.905. The second-order valence-electron chi connectivity index (χ2n) is 5.25. The Morgan fingerprint density at radius 2 is 2.06 bits per heavy atom. The van der Waals surface area contributed by atoms with Crippen LogP contribution >= 0.6 is 11.3 Å². The normalized spacial score (nSPS) is 11.8. The summed E-state index contributed by atoms with van der Waals surface area (Å²) in [6.45, 7) is 9.52. The first-order valence-corrected chi connectivity index (χ1v) is 7.08. The zero-order chi connectivity index (χ0) is 13.2. The summed E-state index contributed by atoms with van der Waals surface area (Å²) in [5.74, 6) is 0. The van der Waals surface area contributed by atoms with Crippen LogP contribution in [0.4, 0.5) is 0 Å². The van der Waals surface area contributed by atoms with Crippen LogP contribution in [0.1, 0.15) is 35.5 Å². The van der Waals surface area contributed by atoms with Crippen LogP contribution in [0.2, 0.25) is 0 Å². The van der Waals surface area contributed by atoms with Crippen LogP contribution in [0.25, 0.3) is 0 Å². The molecule has 0 fully saturated rings. The fourth-order valence-electron chi connectivity index (χ4n) is 1.97. The van der Waals surface area contributed by atoms with Gasteiger partial charge in [0.05, 0.1) is 5.54 Å². The second-order valence-corrected chi connectivity index (χ2v) is 6.14. The van der Waals surface area contributed by atoms with Crippen molar-refractivity contribution in [3.63, 3.8) is 0 Å². The zero-order valence-corrected chi connectivity index (χ0v) is 12.3. The summed E-state index contributed by atoms with van der Waals surface area (Å²) in [5, 5.41) is 6.74. The van der Waals surface area contributed by atoms with Gasteiger partial charge in [-0.05, 0) is 38.8 Å². The Balaban J connectivity index is 2.07. The Morgan fingerprint density at radius 3 is 2.67 bits per heavy atom. The van der Waals surface area contributed by atoms with Gasteiger partial charge in [0.2, 0.25) is 0 Å². The number of hydrogen-bond donors (Lipinski definition) is 1. The monoisotopic (exact) mass is 260 g/mol. The number of nitrogens with zero attached hydrogens (tertiary/aromatic N) is 1. The number of nitrogens with one attached hydrogen (secondary N) is 1. The maximum absolute atomic E-state index is 4.39. The van der Waals surface area contributed by atoms with E-state index in [2.05, 4.69) is 56.2 Å². The van der Waals surface area contributed by atoms with E-state index in [0.29, 0.717) is 0 Å². The molecule has 0 amide bonds. The summed E-state index contributed by atoms with van der Waals surface area (Å²) < 4.78 is 0. The van der Waals surface area contributed by atoms with Crippen molar-refractivity contribution in [3.05, 3.63) is 51.5 Å². The lowest BCUT2D eigenvalue weighted by Crippen LogP contribution is -2.36. The molecule has 1 aromatic carbocycles. The van der Waals surface area contributed by atoms with Crippen molar-refractivity contribution >= 4 is 11.3 Å². The molecule has 0 spiro atoms. The molecule has 1 aromatic heterocycles. The highest BCUT2D eigenvalue weighted by molar-refractivity contribution is 7.09. The van der Waals surface area contributed by atoms with Crippen molar-refractivity contribution in [2.75, 3.05) is 0 Å². The molecule has 96 valence electrons. The molecule has 1 heterocycles. The van der Waals surface area contributed by atoms with Crippen LogP contribution in [-0.2, 0) is 12.1 Å². The first-order valence-electron chi connectivity index (χ1n) is 6.20. The number of benzene rings is 1.